The first kappa shape index (κ1) is 19.2. The molecule has 25 heavy (non-hydrogen) atoms. The summed E-state index contributed by atoms with van der Waals surface area (Å²) in [6.45, 7) is 2.26. The first-order valence-corrected chi connectivity index (χ1v) is 9.72. The summed E-state index contributed by atoms with van der Waals surface area (Å²) in [5.41, 5.74) is 3.92. The van der Waals surface area contributed by atoms with Gasteiger partial charge in [0.25, 0.3) is 0 Å². The number of hydrogen-bond donors (Lipinski definition) is 1. The van der Waals surface area contributed by atoms with Crippen molar-refractivity contribution in [3.8, 4) is 0 Å². The highest BCUT2D eigenvalue weighted by Gasteiger charge is 2.11. The van der Waals surface area contributed by atoms with Gasteiger partial charge in [-0.05, 0) is 18.4 Å². The zero-order chi connectivity index (χ0) is 17.7. The molecule has 0 unspecified atom stereocenters. The minimum absolute atomic E-state index is 0.663. The summed E-state index contributed by atoms with van der Waals surface area (Å²) in [5, 5.41) is 13.1. The van der Waals surface area contributed by atoms with Crippen LogP contribution in [0.1, 0.15) is 75.0 Å². The third-order valence-electron chi connectivity index (χ3n) is 4.72. The lowest BCUT2D eigenvalue weighted by Crippen LogP contribution is -2.07. The van der Waals surface area contributed by atoms with E-state index in [1.807, 2.05) is 36.4 Å². The highest BCUT2D eigenvalue weighted by molar-refractivity contribution is 6.13. The molecule has 0 atom stereocenters. The molecule has 0 aromatic heterocycles. The van der Waals surface area contributed by atoms with Gasteiger partial charge < -0.3 is 5.21 Å². The Morgan fingerprint density at radius 1 is 0.760 bits per heavy atom. The van der Waals surface area contributed by atoms with Crippen LogP contribution in [-0.4, -0.2) is 10.9 Å². The molecule has 0 fully saturated rings. The van der Waals surface area contributed by atoms with Crippen molar-refractivity contribution in [2.45, 2.75) is 64.7 Å². The topological polar surface area (TPSA) is 32.6 Å². The number of benzene rings is 2. The largest absolute Gasteiger partial charge is 0.410 e. The molecule has 0 amide bonds. The van der Waals surface area contributed by atoms with Gasteiger partial charge in [-0.2, -0.15) is 0 Å². The zero-order valence-electron chi connectivity index (χ0n) is 15.5. The van der Waals surface area contributed by atoms with Crippen molar-refractivity contribution in [2.75, 3.05) is 0 Å². The number of rotatable bonds is 11. The Hall–Kier alpha value is -2.09. The molecule has 0 aliphatic carbocycles. The lowest BCUT2D eigenvalue weighted by Gasteiger charge is -2.11. The van der Waals surface area contributed by atoms with Crippen molar-refractivity contribution in [1.29, 1.82) is 0 Å². The Bertz CT molecular complexity index is 634. The fourth-order valence-corrected chi connectivity index (χ4v) is 3.28. The standard InChI is InChI=1S/C23H31NO/c1-2-3-4-5-6-7-8-10-15-20-16-13-14-19-22(20)23(24-25)21-17-11-9-12-18-21/h9,11-14,16-19,25H,2-8,10,15H2,1H3. The van der Waals surface area contributed by atoms with Gasteiger partial charge in [0.05, 0.1) is 0 Å². The van der Waals surface area contributed by atoms with Crippen LogP contribution < -0.4 is 0 Å². The van der Waals surface area contributed by atoms with Gasteiger partial charge in [-0.3, -0.25) is 0 Å². The van der Waals surface area contributed by atoms with E-state index >= 15 is 0 Å². The molecular formula is C23H31NO. The van der Waals surface area contributed by atoms with Crippen LogP contribution in [0, 0.1) is 0 Å². The van der Waals surface area contributed by atoms with Gasteiger partial charge in [0.2, 0.25) is 0 Å². The number of oxime groups is 1. The molecule has 2 nitrogen and oxygen atoms in total. The molecule has 1 N–H and O–H groups in total. The molecule has 0 aliphatic heterocycles. The van der Waals surface area contributed by atoms with E-state index in [1.165, 1.54) is 56.9 Å². The van der Waals surface area contributed by atoms with Crippen LogP contribution >= 0.6 is 0 Å². The van der Waals surface area contributed by atoms with Crippen molar-refractivity contribution in [3.05, 3.63) is 71.3 Å². The summed E-state index contributed by atoms with van der Waals surface area (Å²) < 4.78 is 0. The van der Waals surface area contributed by atoms with E-state index in [1.54, 1.807) is 0 Å². The van der Waals surface area contributed by atoms with Gasteiger partial charge in [0, 0.05) is 11.1 Å². The van der Waals surface area contributed by atoms with Crippen molar-refractivity contribution in [1.82, 2.24) is 0 Å². The van der Waals surface area contributed by atoms with E-state index in [0.29, 0.717) is 5.71 Å². The SMILES string of the molecule is CCCCCCCCCCc1ccccc1C(=NO)c1ccccc1. The molecule has 2 aromatic carbocycles. The van der Waals surface area contributed by atoms with Crippen LogP contribution in [-0.2, 0) is 6.42 Å². The first-order chi connectivity index (χ1) is 12.4. The van der Waals surface area contributed by atoms with Gasteiger partial charge in [-0.15, -0.1) is 0 Å². The highest BCUT2D eigenvalue weighted by Crippen LogP contribution is 2.18. The molecular weight excluding hydrogens is 306 g/mol. The highest BCUT2D eigenvalue weighted by atomic mass is 16.4. The quantitative estimate of drug-likeness (QED) is 0.213. The summed E-state index contributed by atoms with van der Waals surface area (Å²) in [7, 11) is 0. The van der Waals surface area contributed by atoms with Gasteiger partial charge in [0.1, 0.15) is 5.71 Å². The smallest absolute Gasteiger partial charge is 0.117 e. The lowest BCUT2D eigenvalue weighted by molar-refractivity contribution is 0.319. The second-order valence-electron chi connectivity index (χ2n) is 6.70. The molecule has 2 aromatic rings. The Morgan fingerprint density at radius 2 is 1.36 bits per heavy atom. The third kappa shape index (κ3) is 6.38. The number of unbranched alkanes of at least 4 members (excludes halogenated alkanes) is 7. The van der Waals surface area contributed by atoms with E-state index in [0.717, 1.165) is 17.5 Å². The molecule has 2 rings (SSSR count). The maximum atomic E-state index is 9.56. The van der Waals surface area contributed by atoms with Crippen LogP contribution in [0.15, 0.2) is 59.8 Å². The maximum Gasteiger partial charge on any atom is 0.117 e. The Labute approximate surface area is 152 Å². The van der Waals surface area contributed by atoms with Crippen LogP contribution in [0.25, 0.3) is 0 Å². The zero-order valence-corrected chi connectivity index (χ0v) is 15.5. The van der Waals surface area contributed by atoms with Crippen molar-refractivity contribution in [2.24, 2.45) is 5.16 Å². The molecule has 0 heterocycles. The van der Waals surface area contributed by atoms with Gasteiger partial charge >= 0.3 is 0 Å². The Kier molecular flexibility index (Phi) is 8.82. The van der Waals surface area contributed by atoms with E-state index in [4.69, 9.17) is 0 Å². The molecule has 0 spiro atoms. The fraction of sp³-hybridized carbons (Fsp3) is 0.435. The second-order valence-corrected chi connectivity index (χ2v) is 6.70. The summed E-state index contributed by atoms with van der Waals surface area (Å²) in [5.74, 6) is 0. The van der Waals surface area contributed by atoms with Crippen molar-refractivity contribution >= 4 is 5.71 Å². The van der Waals surface area contributed by atoms with Gasteiger partial charge in [0.15, 0.2) is 0 Å². The predicted molar refractivity (Wildman–Crippen MR) is 107 cm³/mol. The summed E-state index contributed by atoms with van der Waals surface area (Å²) >= 11 is 0. The first-order valence-electron chi connectivity index (χ1n) is 9.72. The molecule has 0 aliphatic rings. The van der Waals surface area contributed by atoms with Crippen LogP contribution in [0.2, 0.25) is 0 Å². The van der Waals surface area contributed by atoms with E-state index in [9.17, 15) is 5.21 Å². The van der Waals surface area contributed by atoms with Crippen LogP contribution in [0.3, 0.4) is 0 Å². The van der Waals surface area contributed by atoms with Gasteiger partial charge in [-0.25, -0.2) is 0 Å². The lowest BCUT2D eigenvalue weighted by atomic mass is 9.94. The number of nitrogens with zero attached hydrogens (tertiary/aromatic N) is 1. The Balaban J connectivity index is 1.90. The molecule has 0 saturated carbocycles. The third-order valence-corrected chi connectivity index (χ3v) is 4.72. The average molecular weight is 338 g/mol. The van der Waals surface area contributed by atoms with E-state index < -0.39 is 0 Å². The molecule has 0 bridgehead atoms. The summed E-state index contributed by atoms with van der Waals surface area (Å²) in [4.78, 5) is 0. The maximum absolute atomic E-state index is 9.56. The average Bonchev–Trinajstić information content (AvgIpc) is 2.66. The van der Waals surface area contributed by atoms with Crippen molar-refractivity contribution < 1.29 is 5.21 Å². The monoisotopic (exact) mass is 337 g/mol. The van der Waals surface area contributed by atoms with E-state index in [2.05, 4.69) is 30.3 Å². The predicted octanol–water partition coefficient (Wildman–Crippen LogP) is 6.60. The molecule has 2 heteroatoms. The Morgan fingerprint density at radius 3 is 2.04 bits per heavy atom. The minimum atomic E-state index is 0.663. The molecule has 134 valence electrons. The van der Waals surface area contributed by atoms with Crippen molar-refractivity contribution in [3.63, 3.8) is 0 Å². The molecule has 0 radical (unpaired) electrons. The second kappa shape index (κ2) is 11.5. The molecule has 0 saturated heterocycles. The fourth-order valence-electron chi connectivity index (χ4n) is 3.28. The number of hydrogen-bond acceptors (Lipinski definition) is 2. The minimum Gasteiger partial charge on any atom is -0.410 e. The summed E-state index contributed by atoms with van der Waals surface area (Å²) in [6.07, 6.45) is 11.6. The van der Waals surface area contributed by atoms with Crippen LogP contribution in [0.5, 0.6) is 0 Å². The van der Waals surface area contributed by atoms with E-state index in [-0.39, 0.29) is 0 Å². The van der Waals surface area contributed by atoms with Gasteiger partial charge in [-0.1, -0.05) is 112 Å². The number of aryl methyl sites for hydroxylation is 1. The summed E-state index contributed by atoms with van der Waals surface area (Å²) in [6, 6.07) is 18.2. The van der Waals surface area contributed by atoms with Crippen LogP contribution in [0.4, 0.5) is 0 Å². The normalized spacial score (nSPS) is 11.6.